The van der Waals surface area contributed by atoms with E-state index in [1.54, 1.807) is 18.2 Å². The van der Waals surface area contributed by atoms with Crippen LogP contribution < -0.4 is 10.1 Å². The first-order valence-electron chi connectivity index (χ1n) is 10.4. The fraction of sp³-hybridized carbons (Fsp3) is 0.111. The number of hydrogen-bond acceptors (Lipinski definition) is 3. The van der Waals surface area contributed by atoms with E-state index in [2.05, 4.69) is 5.32 Å². The molecule has 0 bridgehead atoms. The Morgan fingerprint density at radius 3 is 2.34 bits per heavy atom. The third kappa shape index (κ3) is 5.13. The highest BCUT2D eigenvalue weighted by molar-refractivity contribution is 5.96. The highest BCUT2D eigenvalue weighted by atomic mass is 16.5. The van der Waals surface area contributed by atoms with E-state index in [1.165, 1.54) is 0 Å². The van der Waals surface area contributed by atoms with Crippen LogP contribution in [0.5, 0.6) is 11.5 Å². The van der Waals surface area contributed by atoms with Crippen molar-refractivity contribution in [1.29, 1.82) is 0 Å². The lowest BCUT2D eigenvalue weighted by Gasteiger charge is -2.13. The molecule has 0 saturated heterocycles. The number of amides is 1. The largest absolute Gasteiger partial charge is 0.481 e. The molecular formula is C27H23NO4. The van der Waals surface area contributed by atoms with Gasteiger partial charge in [-0.3, -0.25) is 9.59 Å². The van der Waals surface area contributed by atoms with Gasteiger partial charge in [-0.05, 0) is 52.6 Å². The molecule has 4 rings (SSSR count). The molecule has 2 N–H and O–H groups in total. The molecule has 0 aliphatic heterocycles. The van der Waals surface area contributed by atoms with Crippen LogP contribution in [0.15, 0.2) is 91.0 Å². The number of carbonyl (C=O) groups is 2. The summed E-state index contributed by atoms with van der Waals surface area (Å²) in [6.45, 7) is 0.363. The molecule has 0 aliphatic carbocycles. The lowest BCUT2D eigenvalue weighted by molar-refractivity contribution is -0.136. The minimum Gasteiger partial charge on any atom is -0.481 e. The van der Waals surface area contributed by atoms with Crippen molar-refractivity contribution in [3.05, 3.63) is 108 Å². The summed E-state index contributed by atoms with van der Waals surface area (Å²) in [5.74, 6) is 0.00652. The first-order chi connectivity index (χ1) is 15.6. The molecule has 5 heteroatoms. The summed E-state index contributed by atoms with van der Waals surface area (Å²) in [4.78, 5) is 24.2. The summed E-state index contributed by atoms with van der Waals surface area (Å²) in [5.41, 5.74) is 2.10. The summed E-state index contributed by atoms with van der Waals surface area (Å²) in [5, 5.41) is 14.3. The Hall–Kier alpha value is -4.12. The van der Waals surface area contributed by atoms with Crippen LogP contribution in [-0.2, 0) is 17.8 Å². The molecule has 5 nitrogen and oxygen atoms in total. The van der Waals surface area contributed by atoms with Gasteiger partial charge in [-0.1, -0.05) is 66.7 Å². The Labute approximate surface area is 186 Å². The normalized spacial score (nSPS) is 10.6. The van der Waals surface area contributed by atoms with Crippen LogP contribution in [0.4, 0.5) is 0 Å². The van der Waals surface area contributed by atoms with Gasteiger partial charge in [0, 0.05) is 18.5 Å². The molecule has 4 aromatic rings. The first kappa shape index (κ1) is 21.1. The van der Waals surface area contributed by atoms with Gasteiger partial charge in [0.15, 0.2) is 0 Å². The molecule has 0 unspecified atom stereocenters. The van der Waals surface area contributed by atoms with Crippen LogP contribution in [-0.4, -0.2) is 17.0 Å². The van der Waals surface area contributed by atoms with E-state index in [9.17, 15) is 9.59 Å². The molecule has 0 aromatic heterocycles. The van der Waals surface area contributed by atoms with Crippen molar-refractivity contribution in [1.82, 2.24) is 5.32 Å². The Morgan fingerprint density at radius 1 is 0.781 bits per heavy atom. The lowest BCUT2D eigenvalue weighted by atomic mass is 10.0. The van der Waals surface area contributed by atoms with Crippen molar-refractivity contribution in [2.24, 2.45) is 0 Å². The van der Waals surface area contributed by atoms with Gasteiger partial charge in [0.25, 0.3) is 5.91 Å². The molecule has 0 spiro atoms. The van der Waals surface area contributed by atoms with E-state index < -0.39 is 5.97 Å². The molecule has 160 valence electrons. The van der Waals surface area contributed by atoms with Crippen molar-refractivity contribution < 1.29 is 19.4 Å². The fourth-order valence-corrected chi connectivity index (χ4v) is 3.63. The number of carbonyl (C=O) groups excluding carboxylic acids is 1. The third-order valence-electron chi connectivity index (χ3n) is 5.23. The van der Waals surface area contributed by atoms with Gasteiger partial charge in [0.2, 0.25) is 0 Å². The zero-order chi connectivity index (χ0) is 22.3. The maximum atomic E-state index is 13.1. The zero-order valence-electron chi connectivity index (χ0n) is 17.5. The topological polar surface area (TPSA) is 75.6 Å². The summed E-state index contributed by atoms with van der Waals surface area (Å²) in [7, 11) is 0. The maximum absolute atomic E-state index is 13.1. The number of para-hydroxylation sites is 1. The van der Waals surface area contributed by atoms with Crippen molar-refractivity contribution in [3.8, 4) is 11.5 Å². The van der Waals surface area contributed by atoms with Crippen molar-refractivity contribution >= 4 is 22.6 Å². The lowest BCUT2D eigenvalue weighted by Crippen LogP contribution is -2.24. The van der Waals surface area contributed by atoms with Crippen LogP contribution in [0.2, 0.25) is 0 Å². The monoisotopic (exact) mass is 425 g/mol. The van der Waals surface area contributed by atoms with E-state index in [0.717, 1.165) is 16.3 Å². The van der Waals surface area contributed by atoms with E-state index in [-0.39, 0.29) is 18.7 Å². The van der Waals surface area contributed by atoms with Crippen molar-refractivity contribution in [2.75, 3.05) is 0 Å². The van der Waals surface area contributed by atoms with Gasteiger partial charge in [0.1, 0.15) is 11.5 Å². The van der Waals surface area contributed by atoms with Crippen LogP contribution in [0, 0.1) is 0 Å². The molecule has 0 aliphatic rings. The Bertz CT molecular complexity index is 1250. The third-order valence-corrected chi connectivity index (χ3v) is 5.23. The first-order valence-corrected chi connectivity index (χ1v) is 10.4. The summed E-state index contributed by atoms with van der Waals surface area (Å²) >= 11 is 0. The molecule has 4 aromatic carbocycles. The molecular weight excluding hydrogens is 402 g/mol. The van der Waals surface area contributed by atoms with Crippen molar-refractivity contribution in [3.63, 3.8) is 0 Å². The number of carboxylic acids is 1. The number of carboxylic acid groups (broad SMARTS) is 1. The summed E-state index contributed by atoms with van der Waals surface area (Å²) in [6, 6.07) is 28.5. The van der Waals surface area contributed by atoms with Crippen LogP contribution >= 0.6 is 0 Å². The number of aliphatic carboxylic acids is 1. The van der Waals surface area contributed by atoms with Gasteiger partial charge in [-0.15, -0.1) is 0 Å². The standard InChI is InChI=1S/C27H23NO4/c29-26(30)16-14-20-13-15-23(32-22-10-2-1-3-11-22)17-25(20)27(31)28-18-21-9-6-8-19-7-4-5-12-24(19)21/h1-13,15,17H,14,16,18H2,(H,28,31)(H,29,30). The SMILES string of the molecule is O=C(O)CCc1ccc(Oc2ccccc2)cc1C(=O)NCc1cccc2ccccc12. The quantitative estimate of drug-likeness (QED) is 0.386. The van der Waals surface area contributed by atoms with E-state index in [1.807, 2.05) is 72.8 Å². The van der Waals surface area contributed by atoms with Gasteiger partial charge in [0.05, 0.1) is 0 Å². The summed E-state index contributed by atoms with van der Waals surface area (Å²) < 4.78 is 5.87. The van der Waals surface area contributed by atoms with Gasteiger partial charge >= 0.3 is 5.97 Å². The van der Waals surface area contributed by atoms with Gasteiger partial charge in [-0.2, -0.15) is 0 Å². The molecule has 32 heavy (non-hydrogen) atoms. The minimum atomic E-state index is -0.906. The molecule has 0 heterocycles. The predicted molar refractivity (Wildman–Crippen MR) is 124 cm³/mol. The number of hydrogen-bond donors (Lipinski definition) is 2. The van der Waals surface area contributed by atoms with E-state index >= 15 is 0 Å². The average molecular weight is 425 g/mol. The smallest absolute Gasteiger partial charge is 0.303 e. The predicted octanol–water partition coefficient (Wildman–Crippen LogP) is 5.58. The average Bonchev–Trinajstić information content (AvgIpc) is 2.82. The molecule has 0 radical (unpaired) electrons. The maximum Gasteiger partial charge on any atom is 0.303 e. The number of ether oxygens (including phenoxy) is 1. The number of benzene rings is 4. The number of fused-ring (bicyclic) bond motifs is 1. The van der Waals surface area contributed by atoms with E-state index in [0.29, 0.717) is 29.2 Å². The second-order valence-electron chi connectivity index (χ2n) is 7.45. The van der Waals surface area contributed by atoms with E-state index in [4.69, 9.17) is 9.84 Å². The van der Waals surface area contributed by atoms with Crippen LogP contribution in [0.25, 0.3) is 10.8 Å². The highest BCUT2D eigenvalue weighted by Gasteiger charge is 2.15. The Kier molecular flexibility index (Phi) is 6.46. The fourth-order valence-electron chi connectivity index (χ4n) is 3.63. The molecule has 1 amide bonds. The zero-order valence-corrected chi connectivity index (χ0v) is 17.5. The minimum absolute atomic E-state index is 0.0531. The van der Waals surface area contributed by atoms with Crippen LogP contribution in [0.1, 0.15) is 27.9 Å². The van der Waals surface area contributed by atoms with Crippen molar-refractivity contribution in [2.45, 2.75) is 19.4 Å². The molecule has 0 saturated carbocycles. The number of aryl methyl sites for hydroxylation is 1. The number of rotatable bonds is 8. The summed E-state index contributed by atoms with van der Waals surface area (Å²) in [6.07, 6.45) is 0.209. The number of nitrogens with one attached hydrogen (secondary N) is 1. The Balaban J connectivity index is 1.57. The second-order valence-corrected chi connectivity index (χ2v) is 7.45. The van der Waals surface area contributed by atoms with Gasteiger partial charge in [-0.25, -0.2) is 0 Å². The van der Waals surface area contributed by atoms with Crippen LogP contribution in [0.3, 0.4) is 0 Å². The molecule has 0 atom stereocenters. The van der Waals surface area contributed by atoms with Gasteiger partial charge < -0.3 is 15.2 Å². The Morgan fingerprint density at radius 2 is 1.53 bits per heavy atom. The molecule has 0 fully saturated rings. The highest BCUT2D eigenvalue weighted by Crippen LogP contribution is 2.25. The second kappa shape index (κ2) is 9.79.